The number of aliphatic carboxylic acids is 2. The van der Waals surface area contributed by atoms with Crippen molar-refractivity contribution in [1.82, 2.24) is 0 Å². The van der Waals surface area contributed by atoms with Crippen LogP contribution in [0.15, 0.2) is 0 Å². The van der Waals surface area contributed by atoms with Gasteiger partial charge in [0.2, 0.25) is 0 Å². The Labute approximate surface area is 277 Å². The Balaban J connectivity index is 1.49. The van der Waals surface area contributed by atoms with Crippen molar-refractivity contribution in [2.45, 2.75) is 136 Å². The first kappa shape index (κ1) is 40.0. The Morgan fingerprint density at radius 1 is 0.551 bits per heavy atom. The van der Waals surface area contributed by atoms with Crippen LogP contribution in [0.2, 0.25) is 0 Å². The van der Waals surface area contributed by atoms with Gasteiger partial charge < -0.3 is 99.5 Å². The first-order valence-electron chi connectivity index (χ1n) is 15.3. The number of carbonyl (C=O) groups is 2. The highest BCUT2D eigenvalue weighted by Gasteiger charge is 2.55. The summed E-state index contributed by atoms with van der Waals surface area (Å²) in [5.74, 6) is -3.90. The smallest absolute Gasteiger partial charge is 0.335 e. The Hall–Kier alpha value is -1.78. The summed E-state index contributed by atoms with van der Waals surface area (Å²) in [6.45, 7) is 1.69. The van der Waals surface area contributed by atoms with Crippen LogP contribution < -0.4 is 0 Å². The molecule has 4 saturated heterocycles. The van der Waals surface area contributed by atoms with E-state index in [2.05, 4.69) is 0 Å². The summed E-state index contributed by atoms with van der Waals surface area (Å²) >= 11 is 0. The van der Waals surface area contributed by atoms with Crippen molar-refractivity contribution >= 4 is 11.9 Å². The molecule has 0 amide bonds. The van der Waals surface area contributed by atoms with E-state index in [1.165, 1.54) is 0 Å². The van der Waals surface area contributed by atoms with Crippen LogP contribution in [0.25, 0.3) is 0 Å². The van der Waals surface area contributed by atoms with Gasteiger partial charge in [-0.05, 0) is 5.92 Å². The van der Waals surface area contributed by atoms with Crippen molar-refractivity contribution in [2.75, 3.05) is 13.2 Å². The number of rotatable bonds is 11. The zero-order valence-corrected chi connectivity index (χ0v) is 26.0. The zero-order valence-electron chi connectivity index (χ0n) is 26.0. The zero-order chi connectivity index (χ0) is 36.6. The van der Waals surface area contributed by atoms with Crippen LogP contribution in [0, 0.1) is 5.92 Å². The van der Waals surface area contributed by atoms with E-state index in [0.717, 1.165) is 0 Å². The number of hydrogen-bond acceptors (Lipinski definition) is 20. The standard InChI is InChI=1S/C27H44O22/c1-5(2)18-16(37)19(46-26-14(35)10(31)12(33)21(48-26)23(39)40)9(30)7(44-18)4-43-25-17(38)20(8(29)6(3-28)45-25)47-27-15(36)11(32)13(34)22(49-27)24(41)42/h5-22,25-38H,3-4H2,1-2H3,(H,39,40)(H,41,42). The number of hydrogen-bond donors (Lipinski definition) is 13. The van der Waals surface area contributed by atoms with Gasteiger partial charge in [-0.1, -0.05) is 13.8 Å². The van der Waals surface area contributed by atoms with Gasteiger partial charge in [-0.25, -0.2) is 9.59 Å². The lowest BCUT2D eigenvalue weighted by atomic mass is 9.89. The van der Waals surface area contributed by atoms with Crippen molar-refractivity contribution in [3.05, 3.63) is 0 Å². The number of aliphatic hydroxyl groups is 11. The molecule has 22 heteroatoms. The van der Waals surface area contributed by atoms with Gasteiger partial charge in [-0.2, -0.15) is 0 Å². The highest BCUT2D eigenvalue weighted by molar-refractivity contribution is 5.73. The van der Waals surface area contributed by atoms with Gasteiger partial charge >= 0.3 is 11.9 Å². The fourth-order valence-corrected chi connectivity index (χ4v) is 5.99. The maximum absolute atomic E-state index is 11.5. The SMILES string of the molecule is CC(C)C1OC(COC2OC(CO)C(O)C(OC3OC(C(=O)O)C(O)C(O)C3O)C2O)C(O)C(OC2OC(C(=O)O)C(O)C(O)C2O)C1O. The molecule has 4 fully saturated rings. The fourth-order valence-electron chi connectivity index (χ4n) is 5.99. The lowest BCUT2D eigenvalue weighted by Gasteiger charge is -2.48. The van der Waals surface area contributed by atoms with Gasteiger partial charge in [0.1, 0.15) is 85.5 Å². The molecule has 13 N–H and O–H groups in total. The van der Waals surface area contributed by atoms with E-state index in [1.54, 1.807) is 13.8 Å². The molecular weight excluding hydrogens is 676 g/mol. The van der Waals surface area contributed by atoms with E-state index in [9.17, 15) is 76.0 Å². The number of carboxylic acids is 2. The number of ether oxygens (including phenoxy) is 7. The largest absolute Gasteiger partial charge is 0.479 e. The fraction of sp³-hybridized carbons (Fsp3) is 0.926. The van der Waals surface area contributed by atoms with Crippen LogP contribution in [-0.2, 0) is 42.7 Å². The maximum atomic E-state index is 11.5. The van der Waals surface area contributed by atoms with Crippen molar-refractivity contribution in [3.63, 3.8) is 0 Å². The normalized spacial score (nSPS) is 49.5. The first-order valence-corrected chi connectivity index (χ1v) is 15.3. The predicted octanol–water partition coefficient (Wildman–Crippen LogP) is -7.86. The molecular formula is C27H44O22. The molecule has 284 valence electrons. The third-order valence-electron chi connectivity index (χ3n) is 8.83. The number of aliphatic hydroxyl groups excluding tert-OH is 11. The third kappa shape index (κ3) is 8.16. The van der Waals surface area contributed by atoms with Crippen LogP contribution in [-0.4, -0.2) is 214 Å². The monoisotopic (exact) mass is 720 g/mol. The summed E-state index contributed by atoms with van der Waals surface area (Å²) in [4.78, 5) is 23.0. The van der Waals surface area contributed by atoms with Gasteiger partial charge in [0, 0.05) is 0 Å². The second-order valence-electron chi connectivity index (χ2n) is 12.6. The molecule has 22 nitrogen and oxygen atoms in total. The molecule has 0 aliphatic carbocycles. The molecule has 4 aliphatic rings. The summed E-state index contributed by atoms with van der Waals surface area (Å²) in [6, 6.07) is 0. The average molecular weight is 721 g/mol. The summed E-state index contributed by atoms with van der Waals surface area (Å²) in [7, 11) is 0. The minimum Gasteiger partial charge on any atom is -0.479 e. The molecule has 0 saturated carbocycles. The highest BCUT2D eigenvalue weighted by Crippen LogP contribution is 2.34. The van der Waals surface area contributed by atoms with E-state index >= 15 is 0 Å². The van der Waals surface area contributed by atoms with Crippen molar-refractivity contribution in [3.8, 4) is 0 Å². The maximum Gasteiger partial charge on any atom is 0.335 e. The first-order chi connectivity index (χ1) is 22.9. The van der Waals surface area contributed by atoms with Gasteiger partial charge in [0.05, 0.1) is 19.3 Å². The molecule has 0 aromatic heterocycles. The second-order valence-corrected chi connectivity index (χ2v) is 12.6. The van der Waals surface area contributed by atoms with Crippen molar-refractivity contribution in [1.29, 1.82) is 0 Å². The van der Waals surface area contributed by atoms with Gasteiger partial charge in [-0.3, -0.25) is 0 Å². The van der Waals surface area contributed by atoms with Crippen LogP contribution in [0.1, 0.15) is 13.8 Å². The van der Waals surface area contributed by atoms with Crippen LogP contribution >= 0.6 is 0 Å². The average Bonchev–Trinajstić information content (AvgIpc) is 3.04. The molecule has 20 unspecified atom stereocenters. The van der Waals surface area contributed by atoms with E-state index in [-0.39, 0.29) is 0 Å². The summed E-state index contributed by atoms with van der Waals surface area (Å²) in [5, 5.41) is 133. The van der Waals surface area contributed by atoms with Gasteiger partial charge in [0.25, 0.3) is 0 Å². The van der Waals surface area contributed by atoms with Crippen LogP contribution in [0.5, 0.6) is 0 Å². The van der Waals surface area contributed by atoms with Crippen molar-refractivity contribution in [2.24, 2.45) is 5.92 Å². The van der Waals surface area contributed by atoms with E-state index in [1.807, 2.05) is 0 Å². The Kier molecular flexibility index (Phi) is 13.3. The summed E-state index contributed by atoms with van der Waals surface area (Å²) in [6.07, 6.45) is -37.2. The predicted molar refractivity (Wildman–Crippen MR) is 148 cm³/mol. The second kappa shape index (κ2) is 16.3. The molecule has 4 aliphatic heterocycles. The van der Waals surface area contributed by atoms with E-state index < -0.39 is 154 Å². The van der Waals surface area contributed by atoms with Gasteiger partial charge in [0.15, 0.2) is 31.1 Å². The molecule has 0 radical (unpaired) electrons. The van der Waals surface area contributed by atoms with Gasteiger partial charge in [-0.15, -0.1) is 0 Å². The summed E-state index contributed by atoms with van der Waals surface area (Å²) < 4.78 is 38.0. The lowest BCUT2D eigenvalue weighted by molar-refractivity contribution is -0.363. The number of carboxylic acid groups (broad SMARTS) is 2. The Morgan fingerprint density at radius 2 is 1.00 bits per heavy atom. The molecule has 4 rings (SSSR count). The molecule has 20 atom stereocenters. The quantitative estimate of drug-likeness (QED) is 0.0942. The highest BCUT2D eigenvalue weighted by atomic mass is 16.7. The summed E-state index contributed by atoms with van der Waals surface area (Å²) in [5.41, 5.74) is 0. The minimum absolute atomic E-state index is 0.471. The molecule has 0 spiro atoms. The Morgan fingerprint density at radius 3 is 1.43 bits per heavy atom. The molecule has 4 heterocycles. The third-order valence-corrected chi connectivity index (χ3v) is 8.83. The minimum atomic E-state index is -2.08. The van der Waals surface area contributed by atoms with Crippen LogP contribution in [0.4, 0.5) is 0 Å². The van der Waals surface area contributed by atoms with E-state index in [0.29, 0.717) is 0 Å². The lowest BCUT2D eigenvalue weighted by Crippen LogP contribution is -2.66. The molecule has 49 heavy (non-hydrogen) atoms. The molecule has 0 aromatic rings. The topological polar surface area (TPSA) is 362 Å². The van der Waals surface area contributed by atoms with Crippen LogP contribution in [0.3, 0.4) is 0 Å². The Bertz CT molecular complexity index is 1110. The molecule has 0 aromatic carbocycles. The van der Waals surface area contributed by atoms with E-state index in [4.69, 9.17) is 33.2 Å². The molecule has 0 bridgehead atoms. The van der Waals surface area contributed by atoms with Crippen molar-refractivity contribution < 1.29 is 109 Å².